The molecule has 2 heteroatoms. The maximum Gasteiger partial charge on any atom is 0.126 e. The first-order chi connectivity index (χ1) is 11.9. The molecule has 0 radical (unpaired) electrons. The van der Waals surface area contributed by atoms with Crippen molar-refractivity contribution in [1.29, 1.82) is 0 Å². The van der Waals surface area contributed by atoms with Crippen LogP contribution < -0.4 is 0 Å². The highest BCUT2D eigenvalue weighted by Gasteiger charge is 2.46. The van der Waals surface area contributed by atoms with Gasteiger partial charge in [-0.1, -0.05) is 32.9 Å². The lowest BCUT2D eigenvalue weighted by molar-refractivity contribution is 0.0660. The van der Waals surface area contributed by atoms with Crippen LogP contribution in [0.15, 0.2) is 29.8 Å². The first-order valence-electron chi connectivity index (χ1n) is 10.1. The Hall–Kier alpha value is -1.44. The van der Waals surface area contributed by atoms with Crippen molar-refractivity contribution in [2.24, 2.45) is 29.1 Å². The van der Waals surface area contributed by atoms with E-state index in [1.54, 1.807) is 11.6 Å². The van der Waals surface area contributed by atoms with Gasteiger partial charge in [-0.25, -0.2) is 0 Å². The van der Waals surface area contributed by atoms with Gasteiger partial charge in [0.25, 0.3) is 0 Å². The van der Waals surface area contributed by atoms with E-state index in [1.807, 2.05) is 12.1 Å². The third-order valence-electron chi connectivity index (χ3n) is 6.49. The Balaban J connectivity index is 1.67. The molecule has 0 aliphatic heterocycles. The fourth-order valence-electron chi connectivity index (χ4n) is 5.50. The predicted molar refractivity (Wildman–Crippen MR) is 102 cm³/mol. The molecule has 2 nitrogen and oxygen atoms in total. The lowest BCUT2D eigenvalue weighted by atomic mass is 9.54. The van der Waals surface area contributed by atoms with Gasteiger partial charge in [0.2, 0.25) is 0 Å². The molecule has 0 amide bonds. The Morgan fingerprint density at radius 3 is 2.24 bits per heavy atom. The maximum absolute atomic E-state index is 9.99. The second-order valence-electron chi connectivity index (χ2n) is 9.80. The molecule has 0 atom stereocenters. The number of ether oxygens (including phenoxy) is 1. The smallest absolute Gasteiger partial charge is 0.126 e. The average molecular weight is 341 g/mol. The number of rotatable bonds is 4. The third kappa shape index (κ3) is 3.59. The Kier molecular flexibility index (Phi) is 4.33. The normalized spacial score (nSPS) is 30.6. The predicted octanol–water partition coefficient (Wildman–Crippen LogP) is 6.01. The van der Waals surface area contributed by atoms with Crippen LogP contribution >= 0.6 is 0 Å². The van der Waals surface area contributed by atoms with Gasteiger partial charge in [-0.15, -0.1) is 0 Å². The van der Waals surface area contributed by atoms with Crippen molar-refractivity contribution < 1.29 is 9.84 Å². The minimum absolute atomic E-state index is 0.276. The fraction of sp³-hybridized carbons (Fsp3) is 0.652. The molecule has 1 N–H and O–H groups in total. The van der Waals surface area contributed by atoms with Crippen molar-refractivity contribution in [2.45, 2.75) is 59.3 Å². The van der Waals surface area contributed by atoms with Gasteiger partial charge in [-0.05, 0) is 85.3 Å². The molecule has 0 unspecified atom stereocenters. The summed E-state index contributed by atoms with van der Waals surface area (Å²) < 4.78 is 6.45. The van der Waals surface area contributed by atoms with Crippen molar-refractivity contribution >= 4 is 5.76 Å². The summed E-state index contributed by atoms with van der Waals surface area (Å²) in [4.78, 5) is 0. The Bertz CT molecular complexity index is 635. The van der Waals surface area contributed by atoms with E-state index in [2.05, 4.69) is 26.8 Å². The van der Waals surface area contributed by atoms with Gasteiger partial charge < -0.3 is 9.84 Å². The molecule has 1 aromatic rings. The zero-order valence-corrected chi connectivity index (χ0v) is 15.9. The molecule has 4 aliphatic rings. The van der Waals surface area contributed by atoms with Crippen LogP contribution in [0.3, 0.4) is 0 Å². The van der Waals surface area contributed by atoms with Crippen LogP contribution in [0.5, 0.6) is 5.75 Å². The van der Waals surface area contributed by atoms with Gasteiger partial charge in [0.05, 0.1) is 6.61 Å². The van der Waals surface area contributed by atoms with E-state index in [-0.39, 0.29) is 5.41 Å². The van der Waals surface area contributed by atoms with Crippen molar-refractivity contribution in [3.8, 4) is 5.75 Å². The molecule has 4 bridgehead atoms. The van der Waals surface area contributed by atoms with Crippen LogP contribution in [0.4, 0.5) is 0 Å². The fourth-order valence-corrected chi connectivity index (χ4v) is 5.50. The summed E-state index contributed by atoms with van der Waals surface area (Å²) in [5.41, 5.74) is 2.92. The molecule has 5 rings (SSSR count). The van der Waals surface area contributed by atoms with Gasteiger partial charge >= 0.3 is 0 Å². The minimum Gasteiger partial charge on any atom is -0.508 e. The van der Waals surface area contributed by atoms with Crippen LogP contribution in [-0.2, 0) is 4.74 Å². The largest absolute Gasteiger partial charge is 0.508 e. The highest BCUT2D eigenvalue weighted by Crippen LogP contribution is 2.58. The summed E-state index contributed by atoms with van der Waals surface area (Å²) in [6, 6.07) is 7.67. The van der Waals surface area contributed by atoms with Gasteiger partial charge in [-0.2, -0.15) is 0 Å². The molecule has 0 heterocycles. The Morgan fingerprint density at radius 1 is 1.04 bits per heavy atom. The van der Waals surface area contributed by atoms with Crippen molar-refractivity contribution in [1.82, 2.24) is 0 Å². The Morgan fingerprint density at radius 2 is 1.68 bits per heavy atom. The van der Waals surface area contributed by atoms with Crippen LogP contribution in [-0.4, -0.2) is 11.7 Å². The quantitative estimate of drug-likeness (QED) is 0.680. The second-order valence-corrected chi connectivity index (χ2v) is 9.80. The maximum atomic E-state index is 9.99. The van der Waals surface area contributed by atoms with Gasteiger partial charge in [-0.3, -0.25) is 0 Å². The lowest BCUT2D eigenvalue weighted by Gasteiger charge is -2.51. The highest BCUT2D eigenvalue weighted by atomic mass is 16.5. The average Bonchev–Trinajstić information content (AvgIpc) is 2.51. The number of hydrogen-bond acceptors (Lipinski definition) is 2. The molecule has 4 saturated carbocycles. The lowest BCUT2D eigenvalue weighted by Crippen LogP contribution is -2.41. The zero-order chi connectivity index (χ0) is 17.6. The third-order valence-corrected chi connectivity index (χ3v) is 6.49. The summed E-state index contributed by atoms with van der Waals surface area (Å²) in [5, 5.41) is 9.99. The van der Waals surface area contributed by atoms with E-state index in [1.165, 1.54) is 32.1 Å². The number of hydrogen-bond donors (Lipinski definition) is 1. The van der Waals surface area contributed by atoms with Crippen LogP contribution in [0, 0.1) is 29.1 Å². The molecule has 0 spiro atoms. The van der Waals surface area contributed by atoms with Gasteiger partial charge in [0.15, 0.2) is 0 Å². The number of phenols is 1. The number of benzene rings is 1. The summed E-state index contributed by atoms with van der Waals surface area (Å²) in [6.07, 6.45) is 7.93. The van der Waals surface area contributed by atoms with E-state index in [4.69, 9.17) is 4.74 Å². The van der Waals surface area contributed by atoms with E-state index in [0.717, 1.165) is 36.2 Å². The summed E-state index contributed by atoms with van der Waals surface area (Å²) in [7, 11) is 0. The monoisotopic (exact) mass is 340 g/mol. The molecule has 0 saturated heterocycles. The SMILES string of the molecule is CC(C)(C)CCOC(=C1C2CC3CC(C2)CC1C3)c1cccc(O)c1. The van der Waals surface area contributed by atoms with Crippen LogP contribution in [0.25, 0.3) is 5.76 Å². The first-order valence-corrected chi connectivity index (χ1v) is 10.1. The second kappa shape index (κ2) is 6.37. The molecular weight excluding hydrogens is 308 g/mol. The molecule has 136 valence electrons. The summed E-state index contributed by atoms with van der Waals surface area (Å²) >= 11 is 0. The molecule has 1 aromatic carbocycles. The highest BCUT2D eigenvalue weighted by molar-refractivity contribution is 5.66. The van der Waals surface area contributed by atoms with Crippen LogP contribution in [0.2, 0.25) is 0 Å². The number of phenolic OH excluding ortho intramolecular Hbond substituents is 1. The topological polar surface area (TPSA) is 29.5 Å². The van der Waals surface area contributed by atoms with Gasteiger partial charge in [0, 0.05) is 5.56 Å². The van der Waals surface area contributed by atoms with E-state index < -0.39 is 0 Å². The summed E-state index contributed by atoms with van der Waals surface area (Å²) in [6.45, 7) is 7.55. The van der Waals surface area contributed by atoms with E-state index >= 15 is 0 Å². The molecule has 25 heavy (non-hydrogen) atoms. The molecule has 0 aromatic heterocycles. The molecule has 4 fully saturated rings. The molecular formula is C23H32O2. The van der Waals surface area contributed by atoms with E-state index in [9.17, 15) is 5.11 Å². The number of allylic oxidation sites excluding steroid dienone is 1. The first kappa shape index (κ1) is 17.0. The molecule has 4 aliphatic carbocycles. The van der Waals surface area contributed by atoms with Crippen molar-refractivity contribution in [3.05, 3.63) is 35.4 Å². The van der Waals surface area contributed by atoms with Crippen molar-refractivity contribution in [3.63, 3.8) is 0 Å². The van der Waals surface area contributed by atoms with Gasteiger partial charge in [0.1, 0.15) is 11.5 Å². The zero-order valence-electron chi connectivity index (χ0n) is 15.9. The Labute approximate surface area is 152 Å². The standard InChI is InChI=1S/C23H32O2/c1-23(2,3)7-8-25-22(17-5-4-6-20(24)14-17)21-18-10-15-9-16(12-18)13-19(21)11-15/h4-6,14-16,18-19,24H,7-13H2,1-3H3. The minimum atomic E-state index is 0.276. The van der Waals surface area contributed by atoms with Crippen LogP contribution in [0.1, 0.15) is 64.9 Å². The number of aromatic hydroxyl groups is 1. The van der Waals surface area contributed by atoms with E-state index in [0.29, 0.717) is 17.6 Å². The van der Waals surface area contributed by atoms with Crippen molar-refractivity contribution in [2.75, 3.05) is 6.61 Å². The summed E-state index contributed by atoms with van der Waals surface area (Å²) in [5.74, 6) is 4.75.